The Kier molecular flexibility index (Phi) is 5.76. The highest BCUT2D eigenvalue weighted by Crippen LogP contribution is 2.17. The molecule has 86 valence electrons. The molecule has 1 aromatic rings. The van der Waals surface area contributed by atoms with Crippen molar-refractivity contribution in [3.63, 3.8) is 0 Å². The summed E-state index contributed by atoms with van der Waals surface area (Å²) in [6, 6.07) is 9.74. The fourth-order valence-electron chi connectivity index (χ4n) is 1.39. The quantitative estimate of drug-likeness (QED) is 0.606. The first-order chi connectivity index (χ1) is 7.79. The fourth-order valence-corrected chi connectivity index (χ4v) is 1.52. The molecule has 0 unspecified atom stereocenters. The first-order valence-electron chi connectivity index (χ1n) is 5.18. The molecule has 0 aliphatic carbocycles. The van der Waals surface area contributed by atoms with Crippen LogP contribution in [0.5, 0.6) is 0 Å². The van der Waals surface area contributed by atoms with Gasteiger partial charge in [0.25, 0.3) is 0 Å². The second kappa shape index (κ2) is 7.15. The molecule has 16 heavy (non-hydrogen) atoms. The Morgan fingerprint density at radius 3 is 2.81 bits per heavy atom. The molecule has 0 bridgehead atoms. The lowest BCUT2D eigenvalue weighted by atomic mass is 10.2. The number of likely N-dealkylation sites (N-methyl/N-ethyl adjacent to an activating group) is 1. The number of ether oxygens (including phenoxy) is 1. The van der Waals surface area contributed by atoms with E-state index < -0.39 is 0 Å². The summed E-state index contributed by atoms with van der Waals surface area (Å²) in [6.45, 7) is 2.08. The molecule has 0 amide bonds. The van der Waals surface area contributed by atoms with Crippen molar-refractivity contribution >= 4 is 18.3 Å². The summed E-state index contributed by atoms with van der Waals surface area (Å²) >= 11 is 4.06. The molecule has 0 spiro atoms. The summed E-state index contributed by atoms with van der Waals surface area (Å²) < 4.78 is 5.35. The molecule has 1 aromatic carbocycles. The molecular weight excluding hydrogens is 220 g/mol. The zero-order valence-electron chi connectivity index (χ0n) is 9.39. The summed E-state index contributed by atoms with van der Waals surface area (Å²) in [7, 11) is 1.96. The van der Waals surface area contributed by atoms with Crippen molar-refractivity contribution in [1.29, 1.82) is 5.26 Å². The summed E-state index contributed by atoms with van der Waals surface area (Å²) in [6.07, 6.45) is 0. The van der Waals surface area contributed by atoms with Crippen LogP contribution in [0, 0.1) is 11.3 Å². The first-order valence-corrected chi connectivity index (χ1v) is 5.81. The minimum absolute atomic E-state index is 0.650. The van der Waals surface area contributed by atoms with Crippen molar-refractivity contribution < 1.29 is 4.74 Å². The molecule has 0 fully saturated rings. The standard InChI is InChI=1S/C12H16N2OS/c1-14(6-7-15-8-9-16)12-5-3-2-4-11(12)10-13/h2-5,16H,6-9H2,1H3. The molecule has 0 aliphatic rings. The molecule has 0 atom stereocenters. The van der Waals surface area contributed by atoms with Crippen LogP contribution in [-0.4, -0.2) is 32.6 Å². The Bertz CT molecular complexity index is 362. The van der Waals surface area contributed by atoms with Gasteiger partial charge in [-0.1, -0.05) is 12.1 Å². The van der Waals surface area contributed by atoms with Crippen LogP contribution in [0.15, 0.2) is 24.3 Å². The maximum Gasteiger partial charge on any atom is 0.101 e. The number of thiol groups is 1. The third-order valence-electron chi connectivity index (χ3n) is 2.24. The van der Waals surface area contributed by atoms with Gasteiger partial charge in [-0.05, 0) is 12.1 Å². The first kappa shape index (κ1) is 12.9. The summed E-state index contributed by atoms with van der Waals surface area (Å²) in [5.74, 6) is 0.735. The molecule has 0 radical (unpaired) electrons. The Morgan fingerprint density at radius 1 is 1.38 bits per heavy atom. The Morgan fingerprint density at radius 2 is 2.12 bits per heavy atom. The van der Waals surface area contributed by atoms with Gasteiger partial charge in [0.2, 0.25) is 0 Å². The highest BCUT2D eigenvalue weighted by molar-refractivity contribution is 7.80. The SMILES string of the molecule is CN(CCOCCS)c1ccccc1C#N. The normalized spacial score (nSPS) is 9.81. The van der Waals surface area contributed by atoms with Gasteiger partial charge in [0.1, 0.15) is 6.07 Å². The smallest absolute Gasteiger partial charge is 0.101 e. The third-order valence-corrected chi connectivity index (χ3v) is 2.42. The zero-order chi connectivity index (χ0) is 11.8. The van der Waals surface area contributed by atoms with E-state index in [1.165, 1.54) is 0 Å². The highest BCUT2D eigenvalue weighted by atomic mass is 32.1. The monoisotopic (exact) mass is 236 g/mol. The van der Waals surface area contributed by atoms with Gasteiger partial charge in [0.05, 0.1) is 24.5 Å². The van der Waals surface area contributed by atoms with Crippen molar-refractivity contribution in [2.24, 2.45) is 0 Å². The lowest BCUT2D eigenvalue weighted by molar-refractivity contribution is 0.157. The van der Waals surface area contributed by atoms with E-state index in [4.69, 9.17) is 10.00 Å². The molecule has 1 rings (SSSR count). The molecule has 0 heterocycles. The highest BCUT2D eigenvalue weighted by Gasteiger charge is 2.05. The summed E-state index contributed by atoms with van der Waals surface area (Å²) in [4.78, 5) is 2.02. The minimum atomic E-state index is 0.650. The average molecular weight is 236 g/mol. The van der Waals surface area contributed by atoms with Crippen molar-refractivity contribution in [2.75, 3.05) is 37.5 Å². The van der Waals surface area contributed by atoms with Crippen LogP contribution in [0.25, 0.3) is 0 Å². The van der Waals surface area contributed by atoms with Crippen molar-refractivity contribution in [2.45, 2.75) is 0 Å². The van der Waals surface area contributed by atoms with Crippen molar-refractivity contribution in [3.8, 4) is 6.07 Å². The Labute approximate surface area is 102 Å². The van der Waals surface area contributed by atoms with Crippen LogP contribution in [0.3, 0.4) is 0 Å². The van der Waals surface area contributed by atoms with Crippen molar-refractivity contribution in [1.82, 2.24) is 0 Å². The lowest BCUT2D eigenvalue weighted by Gasteiger charge is -2.20. The Hall–Kier alpha value is -1.18. The van der Waals surface area contributed by atoms with Gasteiger partial charge in [-0.3, -0.25) is 0 Å². The van der Waals surface area contributed by atoms with Crippen LogP contribution >= 0.6 is 12.6 Å². The van der Waals surface area contributed by atoms with Gasteiger partial charge in [-0.15, -0.1) is 0 Å². The third kappa shape index (κ3) is 3.76. The predicted molar refractivity (Wildman–Crippen MR) is 69.1 cm³/mol. The number of nitriles is 1. The maximum absolute atomic E-state index is 8.96. The molecule has 0 saturated carbocycles. The van der Waals surface area contributed by atoms with Gasteiger partial charge in [0.15, 0.2) is 0 Å². The van der Waals surface area contributed by atoms with E-state index in [0.29, 0.717) is 18.8 Å². The van der Waals surface area contributed by atoms with E-state index in [1.54, 1.807) is 0 Å². The number of nitrogens with zero attached hydrogens (tertiary/aromatic N) is 2. The number of hydrogen-bond donors (Lipinski definition) is 1. The number of para-hydroxylation sites is 1. The van der Waals surface area contributed by atoms with E-state index in [0.717, 1.165) is 18.0 Å². The number of rotatable bonds is 6. The van der Waals surface area contributed by atoms with Gasteiger partial charge < -0.3 is 9.64 Å². The molecule has 0 aliphatic heterocycles. The van der Waals surface area contributed by atoms with Gasteiger partial charge in [-0.25, -0.2) is 0 Å². The molecule has 3 nitrogen and oxygen atoms in total. The summed E-state index contributed by atoms with van der Waals surface area (Å²) in [5, 5.41) is 8.96. The second-order valence-corrected chi connectivity index (χ2v) is 3.83. The van der Waals surface area contributed by atoms with E-state index in [2.05, 4.69) is 18.7 Å². The molecular formula is C12H16N2OS. The molecule has 0 aromatic heterocycles. The van der Waals surface area contributed by atoms with E-state index in [1.807, 2.05) is 36.2 Å². The van der Waals surface area contributed by atoms with Crippen LogP contribution in [-0.2, 0) is 4.74 Å². The fraction of sp³-hybridized carbons (Fsp3) is 0.417. The minimum Gasteiger partial charge on any atom is -0.379 e. The van der Waals surface area contributed by atoms with Crippen LogP contribution in [0.2, 0.25) is 0 Å². The lowest BCUT2D eigenvalue weighted by Crippen LogP contribution is -2.23. The number of anilines is 1. The number of benzene rings is 1. The van der Waals surface area contributed by atoms with E-state index >= 15 is 0 Å². The van der Waals surface area contributed by atoms with Gasteiger partial charge >= 0.3 is 0 Å². The van der Waals surface area contributed by atoms with Gasteiger partial charge in [0, 0.05) is 19.3 Å². The van der Waals surface area contributed by atoms with Crippen LogP contribution in [0.4, 0.5) is 5.69 Å². The van der Waals surface area contributed by atoms with E-state index in [9.17, 15) is 0 Å². The maximum atomic E-state index is 8.96. The average Bonchev–Trinajstić information content (AvgIpc) is 2.34. The Balaban J connectivity index is 2.52. The van der Waals surface area contributed by atoms with Gasteiger partial charge in [-0.2, -0.15) is 17.9 Å². The largest absolute Gasteiger partial charge is 0.379 e. The van der Waals surface area contributed by atoms with E-state index in [-0.39, 0.29) is 0 Å². The zero-order valence-corrected chi connectivity index (χ0v) is 10.3. The second-order valence-electron chi connectivity index (χ2n) is 3.39. The molecule has 4 heteroatoms. The number of hydrogen-bond acceptors (Lipinski definition) is 4. The topological polar surface area (TPSA) is 36.3 Å². The van der Waals surface area contributed by atoms with Crippen LogP contribution in [0.1, 0.15) is 5.56 Å². The van der Waals surface area contributed by atoms with Crippen molar-refractivity contribution in [3.05, 3.63) is 29.8 Å². The molecule has 0 N–H and O–H groups in total. The molecule has 0 saturated heterocycles. The summed E-state index contributed by atoms with van der Waals surface area (Å²) in [5.41, 5.74) is 1.64. The van der Waals surface area contributed by atoms with Crippen LogP contribution < -0.4 is 4.90 Å². The predicted octanol–water partition coefficient (Wildman–Crippen LogP) is 1.94.